The first kappa shape index (κ1) is 63.3. The van der Waals surface area contributed by atoms with Crippen LogP contribution in [0.2, 0.25) is 0 Å². The van der Waals surface area contributed by atoms with Gasteiger partial charge in [0.15, 0.2) is 6.10 Å². The molecule has 6 heteroatoms. The molecule has 0 heterocycles. The average molecular weight is 931 g/mol. The van der Waals surface area contributed by atoms with Crippen LogP contribution in [0.1, 0.15) is 252 Å². The Bertz CT molecular complexity index is 1350. The van der Waals surface area contributed by atoms with Gasteiger partial charge in [-0.25, -0.2) is 0 Å². The number of esters is 3. The molecule has 0 aromatic carbocycles. The van der Waals surface area contributed by atoms with Crippen LogP contribution < -0.4 is 0 Å². The molecule has 0 spiro atoms. The summed E-state index contributed by atoms with van der Waals surface area (Å²) in [6, 6.07) is 0. The molecule has 0 aliphatic carbocycles. The Balaban J connectivity index is 4.45. The van der Waals surface area contributed by atoms with Crippen LogP contribution in [-0.4, -0.2) is 37.2 Å². The normalized spacial score (nSPS) is 12.8. The van der Waals surface area contributed by atoms with Gasteiger partial charge in [-0.1, -0.05) is 253 Å². The van der Waals surface area contributed by atoms with E-state index in [0.29, 0.717) is 19.3 Å². The molecule has 67 heavy (non-hydrogen) atoms. The van der Waals surface area contributed by atoms with Crippen molar-refractivity contribution >= 4 is 17.9 Å². The number of rotatable bonds is 49. The number of hydrogen-bond acceptors (Lipinski definition) is 6. The minimum absolute atomic E-state index is 0.106. The number of ether oxygens (including phenoxy) is 3. The molecule has 0 radical (unpaired) electrons. The minimum Gasteiger partial charge on any atom is -0.462 e. The van der Waals surface area contributed by atoms with Gasteiger partial charge in [0.05, 0.1) is 0 Å². The third-order valence-electron chi connectivity index (χ3n) is 11.6. The second-order valence-corrected chi connectivity index (χ2v) is 18.1. The van der Waals surface area contributed by atoms with Crippen LogP contribution in [0.4, 0.5) is 0 Å². The van der Waals surface area contributed by atoms with E-state index in [1.54, 1.807) is 0 Å². The lowest BCUT2D eigenvalue weighted by atomic mass is 10.0. The van der Waals surface area contributed by atoms with E-state index in [0.717, 1.165) is 103 Å². The average Bonchev–Trinajstić information content (AvgIpc) is 3.33. The standard InChI is InChI=1S/C61H102O6/c1-4-7-10-13-16-19-22-25-27-29-30-32-33-36-39-42-45-48-51-54-60(63)66-57-58(56-65-59(62)53-50-47-44-41-38-35-24-21-18-15-12-9-6-3)67-61(64)55-52-49-46-43-40-37-34-31-28-26-23-20-17-14-11-8-5-2/h8-9,11-12,15,17-18,20-21,24,26,28,34,37,43,46,58H,4-7,10,13-14,16,19,22-23,25,27,29-33,35-36,38-42,44-45,47-57H2,1-3H3/b11-8+,12-9+,18-15+,20-17+,24-21+,28-26+,37-34+,46-43+. The van der Waals surface area contributed by atoms with Gasteiger partial charge in [-0.05, 0) is 77.0 Å². The van der Waals surface area contributed by atoms with Crippen molar-refractivity contribution in [1.82, 2.24) is 0 Å². The second kappa shape index (κ2) is 54.9. The van der Waals surface area contributed by atoms with Crippen molar-refractivity contribution in [1.29, 1.82) is 0 Å². The molecule has 1 atom stereocenters. The summed E-state index contributed by atoms with van der Waals surface area (Å²) in [7, 11) is 0. The fraction of sp³-hybridized carbons (Fsp3) is 0.689. The molecule has 0 aromatic heterocycles. The number of unbranched alkanes of at least 4 members (excludes halogenated alkanes) is 24. The maximum Gasteiger partial charge on any atom is 0.306 e. The number of hydrogen-bond donors (Lipinski definition) is 0. The topological polar surface area (TPSA) is 78.9 Å². The molecular weight excluding hydrogens is 829 g/mol. The monoisotopic (exact) mass is 931 g/mol. The molecule has 1 unspecified atom stereocenters. The molecular formula is C61H102O6. The van der Waals surface area contributed by atoms with Gasteiger partial charge < -0.3 is 14.2 Å². The van der Waals surface area contributed by atoms with E-state index in [9.17, 15) is 14.4 Å². The van der Waals surface area contributed by atoms with Crippen molar-refractivity contribution in [2.24, 2.45) is 0 Å². The summed E-state index contributed by atoms with van der Waals surface area (Å²) in [6.07, 6.45) is 72.6. The van der Waals surface area contributed by atoms with Crippen LogP contribution >= 0.6 is 0 Å². The largest absolute Gasteiger partial charge is 0.462 e. The molecule has 0 bridgehead atoms. The predicted molar refractivity (Wildman–Crippen MR) is 288 cm³/mol. The Morgan fingerprint density at radius 3 is 1.10 bits per heavy atom. The van der Waals surface area contributed by atoms with Crippen molar-refractivity contribution in [3.63, 3.8) is 0 Å². The highest BCUT2D eigenvalue weighted by molar-refractivity contribution is 5.71. The summed E-state index contributed by atoms with van der Waals surface area (Å²) in [6.45, 7) is 6.34. The zero-order valence-corrected chi connectivity index (χ0v) is 43.6. The Labute approximate surface area is 413 Å². The third kappa shape index (κ3) is 53.2. The van der Waals surface area contributed by atoms with Crippen LogP contribution in [0.25, 0.3) is 0 Å². The molecule has 0 aliphatic heterocycles. The van der Waals surface area contributed by atoms with E-state index < -0.39 is 6.10 Å². The number of carbonyl (C=O) groups is 3. The minimum atomic E-state index is -0.815. The van der Waals surface area contributed by atoms with Gasteiger partial charge in [0.1, 0.15) is 13.2 Å². The summed E-state index contributed by atoms with van der Waals surface area (Å²) in [5.41, 5.74) is 0. The zero-order chi connectivity index (χ0) is 48.6. The molecule has 382 valence electrons. The highest BCUT2D eigenvalue weighted by Gasteiger charge is 2.19. The van der Waals surface area contributed by atoms with Crippen molar-refractivity contribution in [3.8, 4) is 0 Å². The summed E-state index contributed by atoms with van der Waals surface area (Å²) in [4.78, 5) is 38.1. The lowest BCUT2D eigenvalue weighted by Gasteiger charge is -2.18. The van der Waals surface area contributed by atoms with E-state index >= 15 is 0 Å². The first-order valence-electron chi connectivity index (χ1n) is 27.8. The summed E-state index contributed by atoms with van der Waals surface area (Å²) in [5, 5.41) is 0. The molecule has 6 nitrogen and oxygen atoms in total. The van der Waals surface area contributed by atoms with E-state index in [1.165, 1.54) is 103 Å². The first-order valence-corrected chi connectivity index (χ1v) is 27.8. The lowest BCUT2D eigenvalue weighted by Crippen LogP contribution is -2.30. The Hall–Kier alpha value is -3.67. The molecule has 0 fully saturated rings. The number of carbonyl (C=O) groups excluding carboxylic acids is 3. The maximum absolute atomic E-state index is 12.8. The zero-order valence-electron chi connectivity index (χ0n) is 43.6. The third-order valence-corrected chi connectivity index (χ3v) is 11.6. The van der Waals surface area contributed by atoms with Crippen LogP contribution in [0.3, 0.4) is 0 Å². The smallest absolute Gasteiger partial charge is 0.306 e. The Morgan fingerprint density at radius 2 is 0.672 bits per heavy atom. The van der Waals surface area contributed by atoms with Gasteiger partial charge in [-0.3, -0.25) is 14.4 Å². The van der Waals surface area contributed by atoms with Crippen molar-refractivity contribution in [2.45, 2.75) is 258 Å². The van der Waals surface area contributed by atoms with Crippen LogP contribution in [0.5, 0.6) is 0 Å². The summed E-state index contributed by atoms with van der Waals surface area (Å²) < 4.78 is 16.8. The SMILES string of the molecule is CC/C=C/C=C/C=C/CCCCCCCC(=O)OCC(COC(=O)CCCCCCCCCCCCCCCCCCCCC)OC(=O)CCC/C=C/C/C=C/C/C=C/C/C=C/C/C=C/CC. The second-order valence-electron chi connectivity index (χ2n) is 18.1. The van der Waals surface area contributed by atoms with E-state index in [1.807, 2.05) is 0 Å². The van der Waals surface area contributed by atoms with Gasteiger partial charge in [0.25, 0.3) is 0 Å². The van der Waals surface area contributed by atoms with Crippen molar-refractivity contribution < 1.29 is 28.6 Å². The molecule has 0 saturated heterocycles. The van der Waals surface area contributed by atoms with Crippen LogP contribution in [0, 0.1) is 0 Å². The fourth-order valence-corrected chi connectivity index (χ4v) is 7.54. The van der Waals surface area contributed by atoms with Crippen molar-refractivity contribution in [2.75, 3.05) is 13.2 Å². The van der Waals surface area contributed by atoms with Crippen molar-refractivity contribution in [3.05, 3.63) is 97.2 Å². The quantitative estimate of drug-likeness (QED) is 0.0199. The van der Waals surface area contributed by atoms with Gasteiger partial charge in [-0.2, -0.15) is 0 Å². The lowest BCUT2D eigenvalue weighted by molar-refractivity contribution is -0.167. The summed E-state index contributed by atoms with van der Waals surface area (Å²) in [5.74, 6) is -0.983. The maximum atomic E-state index is 12.8. The molecule has 0 aromatic rings. The molecule has 0 rings (SSSR count). The summed E-state index contributed by atoms with van der Waals surface area (Å²) >= 11 is 0. The Kier molecular flexibility index (Phi) is 51.9. The highest BCUT2D eigenvalue weighted by Crippen LogP contribution is 2.16. The molecule has 0 amide bonds. The molecule has 0 N–H and O–H groups in total. The molecule has 0 saturated carbocycles. The van der Waals surface area contributed by atoms with E-state index in [4.69, 9.17) is 14.2 Å². The van der Waals surface area contributed by atoms with Gasteiger partial charge >= 0.3 is 17.9 Å². The van der Waals surface area contributed by atoms with E-state index in [-0.39, 0.29) is 37.5 Å². The van der Waals surface area contributed by atoms with Crippen LogP contribution in [-0.2, 0) is 28.6 Å². The van der Waals surface area contributed by atoms with Gasteiger partial charge in [0, 0.05) is 19.3 Å². The van der Waals surface area contributed by atoms with Gasteiger partial charge in [-0.15, -0.1) is 0 Å². The van der Waals surface area contributed by atoms with E-state index in [2.05, 4.69) is 118 Å². The first-order chi connectivity index (χ1) is 33.0. The van der Waals surface area contributed by atoms with Gasteiger partial charge in [0.2, 0.25) is 0 Å². The predicted octanol–water partition coefficient (Wildman–Crippen LogP) is 18.5. The number of allylic oxidation sites excluding steroid dienone is 16. The van der Waals surface area contributed by atoms with Crippen LogP contribution in [0.15, 0.2) is 97.2 Å². The molecule has 0 aliphatic rings. The fourth-order valence-electron chi connectivity index (χ4n) is 7.54. The highest BCUT2D eigenvalue weighted by atomic mass is 16.6. The Morgan fingerprint density at radius 1 is 0.328 bits per heavy atom.